The molecule has 0 bridgehead atoms. The van der Waals surface area contributed by atoms with E-state index in [1.54, 1.807) is 4.68 Å². The van der Waals surface area contributed by atoms with Crippen LogP contribution < -0.4 is 5.73 Å². The minimum atomic E-state index is -0.583. The number of rotatable bonds is 4. The van der Waals surface area contributed by atoms with Crippen LogP contribution in [0.2, 0.25) is 0 Å². The van der Waals surface area contributed by atoms with E-state index in [4.69, 9.17) is 10.2 Å². The van der Waals surface area contributed by atoms with E-state index in [9.17, 15) is 10.1 Å². The maximum Gasteiger partial charge on any atom is 0.433 e. The van der Waals surface area contributed by atoms with Gasteiger partial charge in [0.25, 0.3) is 0 Å². The van der Waals surface area contributed by atoms with Gasteiger partial charge in [0.05, 0.1) is 11.8 Å². The monoisotopic (exact) mass is 237 g/mol. The normalized spacial score (nSPS) is 10.6. The molecule has 0 fully saturated rings. The number of nitrogens with two attached hydrogens (primary N) is 1. The molecular formula is C9H11N5O3. The SMILES string of the molecule is CCc1c(N)nnn1Cc1ccc([N+](=O)[O-])o1. The van der Waals surface area contributed by atoms with Gasteiger partial charge in [-0.1, -0.05) is 12.1 Å². The Hall–Kier alpha value is -2.38. The van der Waals surface area contributed by atoms with E-state index in [0.29, 0.717) is 18.0 Å². The number of anilines is 1. The van der Waals surface area contributed by atoms with Crippen molar-refractivity contribution in [2.75, 3.05) is 5.73 Å². The van der Waals surface area contributed by atoms with Crippen molar-refractivity contribution in [2.45, 2.75) is 19.9 Å². The lowest BCUT2D eigenvalue weighted by atomic mass is 10.3. The van der Waals surface area contributed by atoms with Gasteiger partial charge in [0.1, 0.15) is 17.2 Å². The van der Waals surface area contributed by atoms with Crippen molar-refractivity contribution in [3.8, 4) is 0 Å². The van der Waals surface area contributed by atoms with Gasteiger partial charge in [0, 0.05) is 0 Å². The van der Waals surface area contributed by atoms with Crippen LogP contribution >= 0.6 is 0 Å². The molecule has 0 atom stereocenters. The average molecular weight is 237 g/mol. The van der Waals surface area contributed by atoms with Gasteiger partial charge in [-0.2, -0.15) is 0 Å². The molecule has 8 heteroatoms. The molecule has 17 heavy (non-hydrogen) atoms. The first-order valence-electron chi connectivity index (χ1n) is 5.02. The van der Waals surface area contributed by atoms with Crippen molar-refractivity contribution in [3.05, 3.63) is 33.7 Å². The zero-order valence-corrected chi connectivity index (χ0v) is 9.16. The molecule has 0 aliphatic carbocycles. The second-order valence-electron chi connectivity index (χ2n) is 3.43. The Morgan fingerprint density at radius 3 is 2.94 bits per heavy atom. The van der Waals surface area contributed by atoms with Gasteiger partial charge < -0.3 is 10.2 Å². The Labute approximate surface area is 96.2 Å². The number of nitro groups is 1. The predicted molar refractivity (Wildman–Crippen MR) is 58.3 cm³/mol. The number of furan rings is 1. The largest absolute Gasteiger partial charge is 0.433 e. The second kappa shape index (κ2) is 4.24. The number of nitrogens with zero attached hydrogens (tertiary/aromatic N) is 4. The van der Waals surface area contributed by atoms with Crippen LogP contribution in [0.15, 0.2) is 16.5 Å². The minimum Gasteiger partial charge on any atom is -0.404 e. The molecule has 0 aliphatic heterocycles. The Balaban J connectivity index is 2.22. The molecule has 2 heterocycles. The summed E-state index contributed by atoms with van der Waals surface area (Å²) in [5.74, 6) is 0.524. The van der Waals surface area contributed by atoms with Crippen LogP contribution in [0.1, 0.15) is 18.4 Å². The number of nitrogen functional groups attached to an aromatic ring is 1. The fourth-order valence-corrected chi connectivity index (χ4v) is 1.53. The molecule has 0 saturated heterocycles. The molecular weight excluding hydrogens is 226 g/mol. The van der Waals surface area contributed by atoms with E-state index in [1.165, 1.54) is 12.1 Å². The standard InChI is InChI=1S/C9H11N5O3/c1-2-7-9(10)11-12-13(7)5-6-3-4-8(17-6)14(15)16/h3-4H,2,5,10H2,1H3. The zero-order valence-electron chi connectivity index (χ0n) is 9.16. The molecule has 90 valence electrons. The summed E-state index contributed by atoms with van der Waals surface area (Å²) in [5, 5.41) is 18.0. The molecule has 2 N–H and O–H groups in total. The van der Waals surface area contributed by atoms with Gasteiger partial charge in [-0.15, -0.1) is 5.10 Å². The van der Waals surface area contributed by atoms with Gasteiger partial charge in [0.15, 0.2) is 5.82 Å². The van der Waals surface area contributed by atoms with Gasteiger partial charge in [-0.3, -0.25) is 10.1 Å². The summed E-state index contributed by atoms with van der Waals surface area (Å²) in [6.07, 6.45) is 0.682. The van der Waals surface area contributed by atoms with Gasteiger partial charge in [-0.25, -0.2) is 4.68 Å². The van der Waals surface area contributed by atoms with Crippen LogP contribution in [0, 0.1) is 10.1 Å². The molecule has 2 aromatic heterocycles. The number of hydrogen-bond acceptors (Lipinski definition) is 6. The third kappa shape index (κ3) is 2.10. The maximum absolute atomic E-state index is 10.5. The highest BCUT2D eigenvalue weighted by Crippen LogP contribution is 2.17. The first kappa shape index (κ1) is 11.1. The molecule has 2 aromatic rings. The topological polar surface area (TPSA) is 113 Å². The summed E-state index contributed by atoms with van der Waals surface area (Å²) in [5.41, 5.74) is 6.41. The van der Waals surface area contributed by atoms with Crippen molar-refractivity contribution < 1.29 is 9.34 Å². The lowest BCUT2D eigenvalue weighted by molar-refractivity contribution is -0.402. The van der Waals surface area contributed by atoms with E-state index >= 15 is 0 Å². The lowest BCUT2D eigenvalue weighted by Crippen LogP contribution is -2.06. The van der Waals surface area contributed by atoms with Crippen LogP contribution in [-0.4, -0.2) is 19.9 Å². The fourth-order valence-electron chi connectivity index (χ4n) is 1.53. The average Bonchev–Trinajstić information content (AvgIpc) is 2.87. The molecule has 0 saturated carbocycles. The van der Waals surface area contributed by atoms with E-state index < -0.39 is 4.92 Å². The predicted octanol–water partition coefficient (Wildman–Crippen LogP) is 0.972. The molecule has 0 spiro atoms. The van der Waals surface area contributed by atoms with E-state index in [2.05, 4.69) is 10.3 Å². The van der Waals surface area contributed by atoms with Crippen molar-refractivity contribution in [3.63, 3.8) is 0 Å². The van der Waals surface area contributed by atoms with Crippen LogP contribution in [0.4, 0.5) is 11.7 Å². The smallest absolute Gasteiger partial charge is 0.404 e. The Morgan fingerprint density at radius 1 is 1.59 bits per heavy atom. The molecule has 0 aliphatic rings. The minimum absolute atomic E-state index is 0.279. The lowest BCUT2D eigenvalue weighted by Gasteiger charge is -2.01. The summed E-state index contributed by atoms with van der Waals surface area (Å²) in [7, 11) is 0. The fraction of sp³-hybridized carbons (Fsp3) is 0.333. The summed E-state index contributed by atoms with van der Waals surface area (Å²) < 4.78 is 6.60. The van der Waals surface area contributed by atoms with E-state index in [1.807, 2.05) is 6.92 Å². The van der Waals surface area contributed by atoms with Gasteiger partial charge in [0.2, 0.25) is 0 Å². The highest BCUT2D eigenvalue weighted by molar-refractivity contribution is 5.33. The highest BCUT2D eigenvalue weighted by Gasteiger charge is 2.14. The van der Waals surface area contributed by atoms with Crippen LogP contribution in [0.25, 0.3) is 0 Å². The molecule has 0 aromatic carbocycles. The second-order valence-corrected chi connectivity index (χ2v) is 3.43. The van der Waals surface area contributed by atoms with E-state index in [-0.39, 0.29) is 12.4 Å². The maximum atomic E-state index is 10.5. The van der Waals surface area contributed by atoms with Crippen LogP contribution in [0.5, 0.6) is 0 Å². The highest BCUT2D eigenvalue weighted by atomic mass is 16.6. The van der Waals surface area contributed by atoms with Crippen LogP contribution in [-0.2, 0) is 13.0 Å². The third-order valence-corrected chi connectivity index (χ3v) is 2.34. The molecule has 0 unspecified atom stereocenters. The van der Waals surface area contributed by atoms with E-state index in [0.717, 1.165) is 5.69 Å². The quantitative estimate of drug-likeness (QED) is 0.626. The van der Waals surface area contributed by atoms with Crippen molar-refractivity contribution >= 4 is 11.7 Å². The summed E-state index contributed by atoms with van der Waals surface area (Å²) in [4.78, 5) is 9.87. The van der Waals surface area contributed by atoms with Gasteiger partial charge >= 0.3 is 5.88 Å². The molecule has 8 nitrogen and oxygen atoms in total. The first-order chi connectivity index (χ1) is 8.11. The van der Waals surface area contributed by atoms with Crippen LogP contribution in [0.3, 0.4) is 0 Å². The number of hydrogen-bond donors (Lipinski definition) is 1. The molecule has 2 rings (SSSR count). The Kier molecular flexibility index (Phi) is 2.77. The zero-order chi connectivity index (χ0) is 12.4. The Bertz CT molecular complexity index is 545. The van der Waals surface area contributed by atoms with Crippen molar-refractivity contribution in [2.24, 2.45) is 0 Å². The summed E-state index contributed by atoms with van der Waals surface area (Å²) >= 11 is 0. The number of aromatic nitrogens is 3. The third-order valence-electron chi connectivity index (χ3n) is 2.34. The van der Waals surface area contributed by atoms with Gasteiger partial charge in [-0.05, 0) is 12.5 Å². The van der Waals surface area contributed by atoms with Crippen molar-refractivity contribution in [1.29, 1.82) is 0 Å². The summed E-state index contributed by atoms with van der Waals surface area (Å²) in [6, 6.07) is 2.84. The Morgan fingerprint density at radius 2 is 2.35 bits per heavy atom. The van der Waals surface area contributed by atoms with Crippen molar-refractivity contribution in [1.82, 2.24) is 15.0 Å². The summed E-state index contributed by atoms with van der Waals surface area (Å²) in [6.45, 7) is 2.21. The first-order valence-corrected chi connectivity index (χ1v) is 5.02. The molecule has 0 amide bonds. The molecule has 0 radical (unpaired) electrons.